The lowest BCUT2D eigenvalue weighted by Crippen LogP contribution is -2.27. The van der Waals surface area contributed by atoms with Gasteiger partial charge in [-0.15, -0.1) is 0 Å². The third-order valence-corrected chi connectivity index (χ3v) is 4.18. The molecule has 118 valence electrons. The highest BCUT2D eigenvalue weighted by Gasteiger charge is 2.24. The van der Waals surface area contributed by atoms with Gasteiger partial charge < -0.3 is 14.8 Å². The molecule has 1 aliphatic rings. The molecule has 0 fully saturated rings. The van der Waals surface area contributed by atoms with Crippen molar-refractivity contribution in [2.75, 3.05) is 19.8 Å². The van der Waals surface area contributed by atoms with Crippen molar-refractivity contribution >= 4 is 15.9 Å². The van der Waals surface area contributed by atoms with Crippen LogP contribution in [0.15, 0.2) is 16.6 Å². The molecule has 1 unspecified atom stereocenters. The number of fused-ring (bicyclic) bond motifs is 1. The summed E-state index contributed by atoms with van der Waals surface area (Å²) in [7, 11) is 0. The Labute approximate surface area is 136 Å². The van der Waals surface area contributed by atoms with Crippen molar-refractivity contribution in [1.82, 2.24) is 5.32 Å². The zero-order valence-corrected chi connectivity index (χ0v) is 15.0. The van der Waals surface area contributed by atoms with Crippen LogP contribution in [-0.2, 0) is 0 Å². The molecule has 1 aromatic carbocycles. The lowest BCUT2D eigenvalue weighted by atomic mass is 9.85. The summed E-state index contributed by atoms with van der Waals surface area (Å²) in [6, 6.07) is 4.47. The van der Waals surface area contributed by atoms with Gasteiger partial charge in [0.1, 0.15) is 13.2 Å². The van der Waals surface area contributed by atoms with Crippen LogP contribution in [0.4, 0.5) is 0 Å². The van der Waals surface area contributed by atoms with Gasteiger partial charge >= 0.3 is 0 Å². The lowest BCUT2D eigenvalue weighted by molar-refractivity contribution is 0.171. The van der Waals surface area contributed by atoms with Crippen LogP contribution in [0.1, 0.15) is 52.1 Å². The lowest BCUT2D eigenvalue weighted by Gasteiger charge is -2.29. The first-order valence-electron chi connectivity index (χ1n) is 7.73. The van der Waals surface area contributed by atoms with Crippen LogP contribution >= 0.6 is 15.9 Å². The van der Waals surface area contributed by atoms with Crippen molar-refractivity contribution in [3.63, 3.8) is 0 Å². The zero-order valence-electron chi connectivity index (χ0n) is 13.5. The highest BCUT2D eigenvalue weighted by molar-refractivity contribution is 9.10. The molecular weight excluding hydrogens is 330 g/mol. The largest absolute Gasteiger partial charge is 0.486 e. The van der Waals surface area contributed by atoms with E-state index in [1.54, 1.807) is 0 Å². The minimum Gasteiger partial charge on any atom is -0.486 e. The van der Waals surface area contributed by atoms with Crippen molar-refractivity contribution in [3.05, 3.63) is 22.2 Å². The van der Waals surface area contributed by atoms with Crippen molar-refractivity contribution in [1.29, 1.82) is 0 Å². The monoisotopic (exact) mass is 355 g/mol. The highest BCUT2D eigenvalue weighted by Crippen LogP contribution is 2.40. The van der Waals surface area contributed by atoms with Crippen LogP contribution in [0.3, 0.4) is 0 Å². The first kappa shape index (κ1) is 16.6. The average molecular weight is 356 g/mol. The van der Waals surface area contributed by atoms with Gasteiger partial charge in [0.2, 0.25) is 0 Å². The van der Waals surface area contributed by atoms with E-state index in [0.717, 1.165) is 35.4 Å². The van der Waals surface area contributed by atoms with Gasteiger partial charge in [-0.2, -0.15) is 0 Å². The summed E-state index contributed by atoms with van der Waals surface area (Å²) in [5.41, 5.74) is 1.51. The van der Waals surface area contributed by atoms with E-state index in [0.29, 0.717) is 19.3 Å². The molecular formula is C17H26BrNO2. The van der Waals surface area contributed by atoms with E-state index in [-0.39, 0.29) is 5.41 Å². The molecule has 0 saturated heterocycles. The first-order chi connectivity index (χ1) is 9.90. The second kappa shape index (κ2) is 7.01. The van der Waals surface area contributed by atoms with Gasteiger partial charge in [-0.3, -0.25) is 0 Å². The SMILES string of the molecule is CCCNC(CC(C)(C)C)c1cc2c(cc1Br)OCCO2. The van der Waals surface area contributed by atoms with Gasteiger partial charge in [-0.1, -0.05) is 43.6 Å². The van der Waals surface area contributed by atoms with Crippen LogP contribution < -0.4 is 14.8 Å². The molecule has 1 aliphatic heterocycles. The quantitative estimate of drug-likeness (QED) is 0.830. The van der Waals surface area contributed by atoms with Crippen molar-refractivity contribution in [2.45, 2.75) is 46.6 Å². The molecule has 1 aromatic rings. The highest BCUT2D eigenvalue weighted by atomic mass is 79.9. The first-order valence-corrected chi connectivity index (χ1v) is 8.52. The summed E-state index contributed by atoms with van der Waals surface area (Å²) in [6.45, 7) is 11.3. The Morgan fingerprint density at radius 3 is 2.38 bits per heavy atom. The number of nitrogens with one attached hydrogen (secondary N) is 1. The number of benzene rings is 1. The number of ether oxygens (including phenoxy) is 2. The van der Waals surface area contributed by atoms with E-state index in [4.69, 9.17) is 9.47 Å². The fourth-order valence-corrected chi connectivity index (χ4v) is 3.17. The number of hydrogen-bond acceptors (Lipinski definition) is 3. The molecule has 1 atom stereocenters. The average Bonchev–Trinajstić information content (AvgIpc) is 2.41. The van der Waals surface area contributed by atoms with Crippen molar-refractivity contribution in [2.24, 2.45) is 5.41 Å². The Morgan fingerprint density at radius 2 is 1.81 bits per heavy atom. The minimum absolute atomic E-state index is 0.262. The van der Waals surface area contributed by atoms with E-state index in [9.17, 15) is 0 Å². The van der Waals surface area contributed by atoms with E-state index in [2.05, 4.69) is 55.0 Å². The summed E-state index contributed by atoms with van der Waals surface area (Å²) < 4.78 is 12.5. The molecule has 1 heterocycles. The van der Waals surface area contributed by atoms with E-state index in [1.807, 2.05) is 6.07 Å². The Kier molecular flexibility index (Phi) is 5.55. The number of rotatable bonds is 5. The smallest absolute Gasteiger partial charge is 0.162 e. The molecule has 4 heteroatoms. The van der Waals surface area contributed by atoms with Gasteiger partial charge in [-0.25, -0.2) is 0 Å². The van der Waals surface area contributed by atoms with Crippen LogP contribution in [0.5, 0.6) is 11.5 Å². The Balaban J connectivity index is 2.29. The fourth-order valence-electron chi connectivity index (χ4n) is 2.57. The molecule has 0 bridgehead atoms. The molecule has 21 heavy (non-hydrogen) atoms. The molecule has 0 spiro atoms. The zero-order chi connectivity index (χ0) is 15.5. The molecule has 0 aliphatic carbocycles. The third kappa shape index (κ3) is 4.62. The summed E-state index contributed by atoms with van der Waals surface area (Å²) >= 11 is 3.70. The van der Waals surface area contributed by atoms with Crippen molar-refractivity contribution in [3.8, 4) is 11.5 Å². The maximum atomic E-state index is 5.73. The molecule has 3 nitrogen and oxygen atoms in total. The Bertz CT molecular complexity index is 482. The second-order valence-electron chi connectivity index (χ2n) is 6.79. The molecule has 0 radical (unpaired) electrons. The van der Waals surface area contributed by atoms with Gasteiger partial charge in [0.05, 0.1) is 0 Å². The maximum Gasteiger partial charge on any atom is 0.162 e. The van der Waals surface area contributed by atoms with Crippen LogP contribution in [0, 0.1) is 5.41 Å². The Hall–Kier alpha value is -0.740. The topological polar surface area (TPSA) is 30.5 Å². The van der Waals surface area contributed by atoms with Gasteiger partial charge in [0.25, 0.3) is 0 Å². The summed E-state index contributed by atoms with van der Waals surface area (Å²) in [4.78, 5) is 0. The van der Waals surface area contributed by atoms with Crippen molar-refractivity contribution < 1.29 is 9.47 Å². The predicted octanol–water partition coefficient (Wildman–Crippen LogP) is 4.70. The maximum absolute atomic E-state index is 5.73. The van der Waals surface area contributed by atoms with Crippen LogP contribution in [0.2, 0.25) is 0 Å². The van der Waals surface area contributed by atoms with E-state index < -0.39 is 0 Å². The molecule has 0 saturated carbocycles. The van der Waals surface area contributed by atoms with Gasteiger partial charge in [0, 0.05) is 10.5 Å². The predicted molar refractivity (Wildman–Crippen MR) is 90.2 cm³/mol. The normalized spacial score (nSPS) is 15.9. The van der Waals surface area contributed by atoms with Crippen LogP contribution in [0.25, 0.3) is 0 Å². The molecule has 0 amide bonds. The standard InChI is InChI=1S/C17H26BrNO2/c1-5-6-19-14(11-17(2,3)4)12-9-15-16(10-13(12)18)21-8-7-20-15/h9-10,14,19H,5-8,11H2,1-4H3. The summed E-state index contributed by atoms with van der Waals surface area (Å²) in [5.74, 6) is 1.69. The number of hydrogen-bond donors (Lipinski definition) is 1. The molecule has 2 rings (SSSR count). The van der Waals surface area contributed by atoms with E-state index >= 15 is 0 Å². The minimum atomic E-state index is 0.262. The fraction of sp³-hybridized carbons (Fsp3) is 0.647. The van der Waals surface area contributed by atoms with E-state index in [1.165, 1.54) is 5.56 Å². The molecule has 1 N–H and O–H groups in total. The van der Waals surface area contributed by atoms with Gasteiger partial charge in [-0.05, 0) is 42.5 Å². The molecule has 0 aromatic heterocycles. The number of halogens is 1. The van der Waals surface area contributed by atoms with Gasteiger partial charge in [0.15, 0.2) is 11.5 Å². The van der Waals surface area contributed by atoms with Crippen LogP contribution in [-0.4, -0.2) is 19.8 Å². The summed E-state index contributed by atoms with van der Waals surface area (Å²) in [5, 5.41) is 3.66. The second-order valence-corrected chi connectivity index (χ2v) is 7.64. The Morgan fingerprint density at radius 1 is 1.19 bits per heavy atom. The third-order valence-electron chi connectivity index (χ3n) is 3.49. The summed E-state index contributed by atoms with van der Waals surface area (Å²) in [6.07, 6.45) is 2.20.